The molecule has 1 amide bonds. The van der Waals surface area contributed by atoms with Crippen LogP contribution >= 0.6 is 0 Å². The molecule has 0 bridgehead atoms. The molecule has 1 saturated heterocycles. The van der Waals surface area contributed by atoms with Crippen LogP contribution in [0.1, 0.15) is 56.4 Å². The van der Waals surface area contributed by atoms with Gasteiger partial charge in [-0.05, 0) is 33.6 Å². The number of ether oxygens (including phenoxy) is 2. The molecule has 2 fully saturated rings. The minimum absolute atomic E-state index is 0.0547. The second kappa shape index (κ2) is 7.89. The van der Waals surface area contributed by atoms with E-state index < -0.39 is 63.2 Å². The first-order chi connectivity index (χ1) is 15.4. The molecule has 1 saturated carbocycles. The Morgan fingerprint density at radius 1 is 1.18 bits per heavy atom. The number of carboxylic acids is 1. The highest BCUT2D eigenvalue weighted by molar-refractivity contribution is 5.98. The molecule has 1 aliphatic heterocycles. The molecular formula is C22H25F2N3O6. The van der Waals surface area contributed by atoms with Gasteiger partial charge >= 0.3 is 12.1 Å². The summed E-state index contributed by atoms with van der Waals surface area (Å²) in [7, 11) is 0. The molecular weight excluding hydrogens is 440 g/mol. The highest BCUT2D eigenvalue weighted by Crippen LogP contribution is 2.41. The van der Waals surface area contributed by atoms with E-state index in [-0.39, 0.29) is 24.6 Å². The van der Waals surface area contributed by atoms with E-state index in [1.54, 1.807) is 20.8 Å². The Kier molecular flexibility index (Phi) is 5.45. The Bertz CT molecular complexity index is 1220. The van der Waals surface area contributed by atoms with E-state index in [0.29, 0.717) is 19.3 Å². The summed E-state index contributed by atoms with van der Waals surface area (Å²) in [5.41, 5.74) is 2.52. The third kappa shape index (κ3) is 4.19. The number of nitrogens with zero attached hydrogens (tertiary/aromatic N) is 2. The smallest absolute Gasteiger partial charge is 0.410 e. The van der Waals surface area contributed by atoms with Crippen molar-refractivity contribution >= 4 is 28.7 Å². The van der Waals surface area contributed by atoms with Crippen LogP contribution in [0.5, 0.6) is 5.75 Å². The largest absolute Gasteiger partial charge is 0.482 e. The van der Waals surface area contributed by atoms with Gasteiger partial charge in [-0.1, -0.05) is 0 Å². The summed E-state index contributed by atoms with van der Waals surface area (Å²) in [5.74, 6) is -4.68. The Morgan fingerprint density at radius 2 is 1.85 bits per heavy atom. The first-order valence-corrected chi connectivity index (χ1v) is 10.6. The van der Waals surface area contributed by atoms with Crippen molar-refractivity contribution in [3.63, 3.8) is 0 Å². The number of carbonyl (C=O) groups excluding carboxylic acids is 1. The van der Waals surface area contributed by atoms with Crippen molar-refractivity contribution in [1.29, 1.82) is 0 Å². The first-order valence-electron chi connectivity index (χ1n) is 10.6. The Hall–Kier alpha value is -3.37. The third-order valence-electron chi connectivity index (χ3n) is 5.60. The van der Waals surface area contributed by atoms with Gasteiger partial charge in [0.2, 0.25) is 5.43 Å². The summed E-state index contributed by atoms with van der Waals surface area (Å²) in [4.78, 5) is 37.8. The van der Waals surface area contributed by atoms with Gasteiger partial charge in [-0.15, -0.1) is 0 Å². The maximum Gasteiger partial charge on any atom is 0.410 e. The summed E-state index contributed by atoms with van der Waals surface area (Å²) in [6, 6.07) is -0.229. The molecule has 1 aliphatic carbocycles. The van der Waals surface area contributed by atoms with Crippen molar-refractivity contribution < 1.29 is 33.0 Å². The van der Waals surface area contributed by atoms with Gasteiger partial charge < -0.3 is 29.8 Å². The summed E-state index contributed by atoms with van der Waals surface area (Å²) < 4.78 is 42.9. The minimum Gasteiger partial charge on any atom is -0.482 e. The number of fused-ring (bicyclic) bond motifs is 1. The van der Waals surface area contributed by atoms with Gasteiger partial charge in [0, 0.05) is 25.2 Å². The zero-order chi connectivity index (χ0) is 24.2. The maximum absolute atomic E-state index is 15.6. The predicted molar refractivity (Wildman–Crippen MR) is 115 cm³/mol. The fourth-order valence-electron chi connectivity index (χ4n) is 3.92. The number of benzene rings is 1. The van der Waals surface area contributed by atoms with Crippen LogP contribution in [0.25, 0.3) is 10.9 Å². The van der Waals surface area contributed by atoms with Gasteiger partial charge in [-0.25, -0.2) is 18.4 Å². The van der Waals surface area contributed by atoms with E-state index in [1.165, 1.54) is 9.47 Å². The number of amides is 1. The normalized spacial score (nSPS) is 18.6. The number of halogens is 2. The van der Waals surface area contributed by atoms with Gasteiger partial charge in [0.25, 0.3) is 0 Å². The molecule has 33 heavy (non-hydrogen) atoms. The average Bonchev–Trinajstić information content (AvgIpc) is 3.45. The number of hydrogen-bond donors (Lipinski definition) is 2. The summed E-state index contributed by atoms with van der Waals surface area (Å²) in [6.07, 6.45) is 1.39. The molecule has 1 aromatic heterocycles. The fraction of sp³-hybridized carbons (Fsp3) is 0.500. The number of nitrogens with two attached hydrogens (primary N) is 1. The van der Waals surface area contributed by atoms with Crippen LogP contribution < -0.4 is 15.9 Å². The molecule has 178 valence electrons. The zero-order valence-electron chi connectivity index (χ0n) is 18.5. The predicted octanol–water partition coefficient (Wildman–Crippen LogP) is 3.28. The van der Waals surface area contributed by atoms with Crippen molar-refractivity contribution in [3.8, 4) is 5.75 Å². The second-order valence-corrected chi connectivity index (χ2v) is 9.36. The van der Waals surface area contributed by atoms with Crippen molar-refractivity contribution in [1.82, 2.24) is 9.47 Å². The lowest BCUT2D eigenvalue weighted by molar-refractivity contribution is 0.0274. The topological polar surface area (TPSA) is 124 Å². The van der Waals surface area contributed by atoms with Crippen LogP contribution in [-0.4, -0.2) is 51.4 Å². The monoisotopic (exact) mass is 465 g/mol. The SMILES string of the molecule is CC(C)(C)OC(=O)N1CC[C@@H](Oc2c(F)c(N)c3c(=O)c(C(=O)O)cn(C4CC4)c3c2F)C1. The van der Waals surface area contributed by atoms with Crippen molar-refractivity contribution in [2.45, 2.75) is 57.8 Å². The lowest BCUT2D eigenvalue weighted by atomic mass is 10.1. The van der Waals surface area contributed by atoms with Gasteiger partial charge in [-0.3, -0.25) is 4.79 Å². The number of anilines is 1. The van der Waals surface area contributed by atoms with Crippen LogP contribution in [0.15, 0.2) is 11.0 Å². The van der Waals surface area contributed by atoms with E-state index in [9.17, 15) is 19.5 Å². The lowest BCUT2D eigenvalue weighted by Gasteiger charge is -2.24. The number of pyridine rings is 1. The Labute approximate surface area is 187 Å². The zero-order valence-corrected chi connectivity index (χ0v) is 18.5. The van der Waals surface area contributed by atoms with Gasteiger partial charge in [0.15, 0.2) is 17.4 Å². The molecule has 0 spiro atoms. The first kappa shape index (κ1) is 22.8. The third-order valence-corrected chi connectivity index (χ3v) is 5.60. The van der Waals surface area contributed by atoms with Gasteiger partial charge in [0.1, 0.15) is 17.3 Å². The van der Waals surface area contributed by atoms with E-state index in [2.05, 4.69) is 0 Å². The van der Waals surface area contributed by atoms with Gasteiger partial charge in [0.05, 0.1) is 23.1 Å². The lowest BCUT2D eigenvalue weighted by Crippen LogP contribution is -2.36. The number of likely N-dealkylation sites (tertiary alicyclic amines) is 1. The van der Waals surface area contributed by atoms with E-state index in [0.717, 1.165) is 6.20 Å². The molecule has 2 aliphatic rings. The minimum atomic E-state index is -1.51. The number of aromatic nitrogens is 1. The number of aromatic carboxylic acids is 1. The molecule has 1 aromatic carbocycles. The van der Waals surface area contributed by atoms with Crippen LogP contribution in [-0.2, 0) is 4.74 Å². The van der Waals surface area contributed by atoms with Crippen molar-refractivity contribution in [2.75, 3.05) is 18.8 Å². The Morgan fingerprint density at radius 3 is 2.42 bits per heavy atom. The van der Waals surface area contributed by atoms with Crippen LogP contribution in [0.3, 0.4) is 0 Å². The van der Waals surface area contributed by atoms with Gasteiger partial charge in [-0.2, -0.15) is 0 Å². The van der Waals surface area contributed by atoms with Crippen molar-refractivity contribution in [2.24, 2.45) is 0 Å². The van der Waals surface area contributed by atoms with Crippen LogP contribution in [0, 0.1) is 11.6 Å². The van der Waals surface area contributed by atoms with E-state index in [4.69, 9.17) is 15.2 Å². The fourth-order valence-corrected chi connectivity index (χ4v) is 3.92. The number of nitrogen functional groups attached to an aromatic ring is 1. The molecule has 2 heterocycles. The molecule has 11 heteroatoms. The number of carbonyl (C=O) groups is 2. The highest BCUT2D eigenvalue weighted by atomic mass is 19.1. The standard InChI is InChI=1S/C22H25F2N3O6/c1-22(2,3)33-21(31)26-7-6-11(8-26)32-19-14(23)16(25)13-17(15(19)24)27(10-4-5-10)9-12(18(13)28)20(29)30/h9-11H,4-8,25H2,1-3H3,(H,29,30)/t11-/m1/s1. The van der Waals surface area contributed by atoms with Crippen LogP contribution in [0.4, 0.5) is 19.3 Å². The van der Waals surface area contributed by atoms with E-state index in [1.807, 2.05) is 0 Å². The number of hydrogen-bond acceptors (Lipinski definition) is 6. The molecule has 4 rings (SSSR count). The number of rotatable bonds is 4. The molecule has 0 unspecified atom stereocenters. The molecule has 2 aromatic rings. The molecule has 3 N–H and O–H groups in total. The van der Waals surface area contributed by atoms with Crippen molar-refractivity contribution in [3.05, 3.63) is 33.6 Å². The summed E-state index contributed by atoms with van der Waals surface area (Å²) in [5, 5.41) is 8.83. The molecule has 1 atom stereocenters. The second-order valence-electron chi connectivity index (χ2n) is 9.36. The highest BCUT2D eigenvalue weighted by Gasteiger charge is 2.35. The summed E-state index contributed by atoms with van der Waals surface area (Å²) in [6.45, 7) is 5.52. The number of carboxylic acid groups (broad SMARTS) is 1. The molecule has 0 radical (unpaired) electrons. The quantitative estimate of drug-likeness (QED) is 0.664. The average molecular weight is 465 g/mol. The van der Waals surface area contributed by atoms with Crippen LogP contribution in [0.2, 0.25) is 0 Å². The van der Waals surface area contributed by atoms with E-state index >= 15 is 8.78 Å². The maximum atomic E-state index is 15.6. The molecule has 9 nitrogen and oxygen atoms in total. The summed E-state index contributed by atoms with van der Waals surface area (Å²) >= 11 is 0. The Balaban J connectivity index is 1.72.